The summed E-state index contributed by atoms with van der Waals surface area (Å²) in [6.45, 7) is 4.78. The number of para-hydroxylation sites is 1. The van der Waals surface area contributed by atoms with E-state index in [4.69, 9.17) is 9.47 Å². The van der Waals surface area contributed by atoms with E-state index >= 15 is 0 Å². The van der Waals surface area contributed by atoms with Crippen LogP contribution in [-0.4, -0.2) is 47.0 Å². The number of likely N-dealkylation sites (tertiary alicyclic amines) is 1. The Morgan fingerprint density at radius 1 is 1.36 bits per heavy atom. The fraction of sp³-hybridized carbons (Fsp3) is 0.588. The molecule has 5 nitrogen and oxygen atoms in total. The Labute approximate surface area is 130 Å². The largest absolute Gasteiger partial charge is 0.484 e. The fourth-order valence-electron chi connectivity index (χ4n) is 3.23. The average molecular weight is 305 g/mol. The van der Waals surface area contributed by atoms with Crippen LogP contribution >= 0.6 is 0 Å². The first-order chi connectivity index (χ1) is 10.5. The molecule has 1 amide bonds. The second kappa shape index (κ2) is 5.80. The lowest BCUT2D eigenvalue weighted by molar-refractivity contribution is -0.0983. The van der Waals surface area contributed by atoms with E-state index in [2.05, 4.69) is 0 Å². The zero-order valence-electron chi connectivity index (χ0n) is 13.1. The Balaban J connectivity index is 1.69. The topological polar surface area (TPSA) is 59.0 Å². The zero-order valence-corrected chi connectivity index (χ0v) is 13.1. The Morgan fingerprint density at radius 2 is 2.05 bits per heavy atom. The lowest BCUT2D eigenvalue weighted by Crippen LogP contribution is -2.58. The number of benzene rings is 1. The van der Waals surface area contributed by atoms with Gasteiger partial charge in [0.05, 0.1) is 12.2 Å². The van der Waals surface area contributed by atoms with Crippen molar-refractivity contribution in [1.82, 2.24) is 4.90 Å². The minimum Gasteiger partial charge on any atom is -0.484 e. The number of aliphatic hydroxyl groups excluding tert-OH is 1. The van der Waals surface area contributed by atoms with Crippen LogP contribution in [0.4, 0.5) is 4.79 Å². The van der Waals surface area contributed by atoms with Crippen molar-refractivity contribution < 1.29 is 19.4 Å². The van der Waals surface area contributed by atoms with Gasteiger partial charge in [-0.2, -0.15) is 0 Å². The molecule has 1 aromatic rings. The molecule has 0 aromatic heterocycles. The van der Waals surface area contributed by atoms with Crippen LogP contribution in [0, 0.1) is 0 Å². The monoisotopic (exact) mass is 305 g/mol. The Kier molecular flexibility index (Phi) is 4.00. The number of carbonyl (C=O) groups is 1. The van der Waals surface area contributed by atoms with E-state index in [1.807, 2.05) is 38.1 Å². The van der Waals surface area contributed by atoms with Crippen LogP contribution in [0.3, 0.4) is 0 Å². The van der Waals surface area contributed by atoms with Crippen LogP contribution in [0.5, 0.6) is 5.75 Å². The summed E-state index contributed by atoms with van der Waals surface area (Å²) < 4.78 is 11.4. The standard InChI is InChI=1S/C17H23NO4/c1-12(2)21-16(20)18-9-7-17(8-10-18)15(19)11-13-5-3-4-6-14(13)22-17/h3-6,12,15,19H,7-11H2,1-2H3. The molecule has 5 heteroatoms. The van der Waals surface area contributed by atoms with Crippen LogP contribution in [0.15, 0.2) is 24.3 Å². The third kappa shape index (κ3) is 2.77. The highest BCUT2D eigenvalue weighted by molar-refractivity contribution is 5.68. The van der Waals surface area contributed by atoms with Gasteiger partial charge in [0.1, 0.15) is 11.4 Å². The van der Waals surface area contributed by atoms with Gasteiger partial charge in [-0.3, -0.25) is 0 Å². The zero-order chi connectivity index (χ0) is 15.7. The maximum atomic E-state index is 12.0. The van der Waals surface area contributed by atoms with Gasteiger partial charge in [0.25, 0.3) is 0 Å². The summed E-state index contributed by atoms with van der Waals surface area (Å²) in [7, 11) is 0. The lowest BCUT2D eigenvalue weighted by atomic mass is 9.81. The van der Waals surface area contributed by atoms with Crippen molar-refractivity contribution >= 4 is 6.09 Å². The van der Waals surface area contributed by atoms with Gasteiger partial charge in [0.2, 0.25) is 0 Å². The molecule has 1 fully saturated rings. The average Bonchev–Trinajstić information content (AvgIpc) is 2.48. The third-order valence-corrected chi connectivity index (χ3v) is 4.51. The van der Waals surface area contributed by atoms with Crippen LogP contribution in [0.2, 0.25) is 0 Å². The molecule has 1 atom stereocenters. The molecule has 22 heavy (non-hydrogen) atoms. The summed E-state index contributed by atoms with van der Waals surface area (Å²) in [5.74, 6) is 0.853. The minimum absolute atomic E-state index is 0.119. The molecule has 0 bridgehead atoms. The first-order valence-electron chi connectivity index (χ1n) is 7.91. The highest BCUT2D eigenvalue weighted by atomic mass is 16.6. The minimum atomic E-state index is -0.580. The van der Waals surface area contributed by atoms with E-state index in [9.17, 15) is 9.90 Å². The van der Waals surface area contributed by atoms with Gasteiger partial charge in [-0.15, -0.1) is 0 Å². The first-order valence-corrected chi connectivity index (χ1v) is 7.91. The molecule has 1 unspecified atom stereocenters. The Morgan fingerprint density at radius 3 is 2.73 bits per heavy atom. The lowest BCUT2D eigenvalue weighted by Gasteiger charge is -2.47. The number of hydrogen-bond acceptors (Lipinski definition) is 4. The number of piperidine rings is 1. The summed E-state index contributed by atoms with van der Waals surface area (Å²) in [4.78, 5) is 13.7. The molecule has 1 spiro atoms. The SMILES string of the molecule is CC(C)OC(=O)N1CCC2(CC1)Oc1ccccc1CC2O. The summed E-state index contributed by atoms with van der Waals surface area (Å²) in [6, 6.07) is 7.83. The molecule has 1 saturated heterocycles. The predicted molar refractivity (Wildman–Crippen MR) is 81.9 cm³/mol. The molecular formula is C17H23NO4. The highest BCUT2D eigenvalue weighted by Crippen LogP contribution is 2.39. The molecule has 2 aliphatic rings. The number of aliphatic hydroxyl groups is 1. The molecular weight excluding hydrogens is 282 g/mol. The number of rotatable bonds is 1. The maximum Gasteiger partial charge on any atom is 0.410 e. The van der Waals surface area contributed by atoms with Crippen molar-refractivity contribution in [2.45, 2.75) is 50.9 Å². The third-order valence-electron chi connectivity index (χ3n) is 4.51. The number of hydrogen-bond donors (Lipinski definition) is 1. The molecule has 1 aromatic carbocycles. The number of amides is 1. The van der Waals surface area contributed by atoms with Gasteiger partial charge in [-0.25, -0.2) is 4.79 Å². The van der Waals surface area contributed by atoms with Gasteiger partial charge in [-0.05, 0) is 25.5 Å². The Bertz CT molecular complexity index is 549. The molecule has 0 radical (unpaired) electrons. The van der Waals surface area contributed by atoms with E-state index < -0.39 is 11.7 Å². The van der Waals surface area contributed by atoms with Crippen molar-refractivity contribution in [3.05, 3.63) is 29.8 Å². The maximum absolute atomic E-state index is 12.0. The van der Waals surface area contributed by atoms with Gasteiger partial charge in [-0.1, -0.05) is 18.2 Å². The quantitative estimate of drug-likeness (QED) is 0.865. The molecule has 0 saturated carbocycles. The van der Waals surface area contributed by atoms with Crippen molar-refractivity contribution in [3.8, 4) is 5.75 Å². The summed E-state index contributed by atoms with van der Waals surface area (Å²) in [5, 5.41) is 10.5. The molecule has 0 aliphatic carbocycles. The Hall–Kier alpha value is -1.75. The van der Waals surface area contributed by atoms with Crippen molar-refractivity contribution in [2.75, 3.05) is 13.1 Å². The fourth-order valence-corrected chi connectivity index (χ4v) is 3.23. The summed E-state index contributed by atoms with van der Waals surface area (Å²) >= 11 is 0. The van der Waals surface area contributed by atoms with Crippen molar-refractivity contribution in [3.63, 3.8) is 0 Å². The molecule has 3 rings (SSSR count). The highest BCUT2D eigenvalue weighted by Gasteiger charge is 2.47. The normalized spacial score (nSPS) is 23.1. The van der Waals surface area contributed by atoms with Crippen LogP contribution in [0.25, 0.3) is 0 Å². The van der Waals surface area contributed by atoms with Crippen LogP contribution < -0.4 is 4.74 Å². The number of ether oxygens (including phenoxy) is 2. The van der Waals surface area contributed by atoms with E-state index in [0.29, 0.717) is 32.4 Å². The first kappa shape index (κ1) is 15.2. The van der Waals surface area contributed by atoms with Crippen molar-refractivity contribution in [1.29, 1.82) is 0 Å². The second-order valence-corrected chi connectivity index (χ2v) is 6.41. The van der Waals surface area contributed by atoms with Crippen LogP contribution in [-0.2, 0) is 11.2 Å². The molecule has 120 valence electrons. The molecule has 2 heterocycles. The molecule has 1 N–H and O–H groups in total. The number of carbonyl (C=O) groups excluding carboxylic acids is 1. The van der Waals surface area contributed by atoms with Gasteiger partial charge in [0, 0.05) is 32.4 Å². The van der Waals surface area contributed by atoms with E-state index in [1.165, 1.54) is 0 Å². The summed E-state index contributed by atoms with van der Waals surface area (Å²) in [6.07, 6.45) is 0.908. The smallest absolute Gasteiger partial charge is 0.410 e. The van der Waals surface area contributed by atoms with Gasteiger partial charge >= 0.3 is 6.09 Å². The number of nitrogens with zero attached hydrogens (tertiary/aromatic N) is 1. The van der Waals surface area contributed by atoms with E-state index in [1.54, 1.807) is 4.90 Å². The van der Waals surface area contributed by atoms with Crippen LogP contribution in [0.1, 0.15) is 32.3 Å². The van der Waals surface area contributed by atoms with Gasteiger partial charge in [0.15, 0.2) is 0 Å². The number of fused-ring (bicyclic) bond motifs is 1. The van der Waals surface area contributed by atoms with Crippen molar-refractivity contribution in [2.24, 2.45) is 0 Å². The summed E-state index contributed by atoms with van der Waals surface area (Å²) in [5.41, 5.74) is 0.463. The van der Waals surface area contributed by atoms with E-state index in [-0.39, 0.29) is 12.2 Å². The van der Waals surface area contributed by atoms with E-state index in [0.717, 1.165) is 11.3 Å². The predicted octanol–water partition coefficient (Wildman–Crippen LogP) is 2.36. The molecule has 2 aliphatic heterocycles. The van der Waals surface area contributed by atoms with Gasteiger partial charge < -0.3 is 19.5 Å². The second-order valence-electron chi connectivity index (χ2n) is 6.41.